The number of rotatable bonds is 11. The molecule has 0 fully saturated rings. The molecular formula is C28H32ClNO2. The van der Waals surface area contributed by atoms with E-state index in [-0.39, 0.29) is 5.75 Å². The Morgan fingerprint density at radius 2 is 1.47 bits per heavy atom. The Labute approximate surface area is 196 Å². The van der Waals surface area contributed by atoms with E-state index in [1.165, 1.54) is 0 Å². The molecule has 1 N–H and O–H groups in total. The molecule has 168 valence electrons. The molecule has 3 nitrogen and oxygen atoms in total. The molecule has 0 bridgehead atoms. The third-order valence-electron chi connectivity index (χ3n) is 5.59. The van der Waals surface area contributed by atoms with Crippen LogP contribution >= 0.6 is 11.6 Å². The first-order valence-electron chi connectivity index (χ1n) is 11.3. The van der Waals surface area contributed by atoms with Gasteiger partial charge in [0.15, 0.2) is 0 Å². The summed E-state index contributed by atoms with van der Waals surface area (Å²) in [5, 5.41) is 11.1. The highest BCUT2D eigenvalue weighted by Crippen LogP contribution is 2.38. The average molecular weight is 450 g/mol. The summed E-state index contributed by atoms with van der Waals surface area (Å²) in [5.74, 6) is 1.04. The molecule has 0 aromatic heterocycles. The van der Waals surface area contributed by atoms with Crippen LogP contribution in [0.4, 0.5) is 0 Å². The number of nitrogens with zero attached hydrogens (tertiary/aromatic N) is 1. The highest BCUT2D eigenvalue weighted by molar-refractivity contribution is 6.53. The number of benzene rings is 3. The zero-order valence-corrected chi connectivity index (χ0v) is 19.7. The van der Waals surface area contributed by atoms with E-state index in [4.69, 9.17) is 16.3 Å². The Kier molecular flexibility index (Phi) is 9.21. The molecule has 3 rings (SSSR count). The van der Waals surface area contributed by atoms with Crippen molar-refractivity contribution in [3.8, 4) is 11.5 Å². The minimum Gasteiger partial charge on any atom is -0.507 e. The number of para-hydroxylation sites is 1. The largest absolute Gasteiger partial charge is 0.507 e. The van der Waals surface area contributed by atoms with Crippen LogP contribution in [-0.2, 0) is 0 Å². The molecule has 32 heavy (non-hydrogen) atoms. The predicted molar refractivity (Wildman–Crippen MR) is 135 cm³/mol. The Hall–Kier alpha value is -2.75. The van der Waals surface area contributed by atoms with Gasteiger partial charge in [-0.05, 0) is 73.9 Å². The number of phenolic OH excluding ortho intramolecular Hbond substituents is 1. The van der Waals surface area contributed by atoms with Gasteiger partial charge in [-0.1, -0.05) is 74.0 Å². The first-order chi connectivity index (χ1) is 15.6. The van der Waals surface area contributed by atoms with Gasteiger partial charge in [0.1, 0.15) is 11.5 Å². The monoisotopic (exact) mass is 449 g/mol. The minimum atomic E-state index is 0.203. The van der Waals surface area contributed by atoms with Crippen molar-refractivity contribution in [1.82, 2.24) is 4.90 Å². The normalized spacial score (nSPS) is 12.0. The Balaban J connectivity index is 1.74. The summed E-state index contributed by atoms with van der Waals surface area (Å²) in [5.41, 5.74) is 3.34. The first-order valence-corrected chi connectivity index (χ1v) is 11.7. The summed E-state index contributed by atoms with van der Waals surface area (Å²) >= 11 is 6.89. The topological polar surface area (TPSA) is 32.7 Å². The Morgan fingerprint density at radius 1 is 0.812 bits per heavy atom. The van der Waals surface area contributed by atoms with Crippen molar-refractivity contribution in [2.45, 2.75) is 26.7 Å². The van der Waals surface area contributed by atoms with Crippen LogP contribution in [0.3, 0.4) is 0 Å². The second-order valence-corrected chi connectivity index (χ2v) is 8.06. The van der Waals surface area contributed by atoms with E-state index in [9.17, 15) is 5.11 Å². The third-order valence-corrected chi connectivity index (χ3v) is 6.00. The average Bonchev–Trinajstić information content (AvgIpc) is 2.84. The molecule has 4 heteroatoms. The molecular weight excluding hydrogens is 418 g/mol. The molecule has 0 spiro atoms. The van der Waals surface area contributed by atoms with Crippen LogP contribution < -0.4 is 4.74 Å². The Bertz CT molecular complexity index is 995. The zero-order valence-electron chi connectivity index (χ0n) is 18.9. The summed E-state index contributed by atoms with van der Waals surface area (Å²) in [7, 11) is 0. The summed E-state index contributed by atoms with van der Waals surface area (Å²) in [4.78, 5) is 2.43. The molecule has 0 saturated heterocycles. The van der Waals surface area contributed by atoms with Crippen LogP contribution in [-0.4, -0.2) is 36.2 Å². The molecule has 0 aliphatic rings. The molecule has 3 aromatic rings. The fourth-order valence-corrected chi connectivity index (χ4v) is 4.04. The smallest absolute Gasteiger partial charge is 0.123 e. The predicted octanol–water partition coefficient (Wildman–Crippen LogP) is 7.05. The van der Waals surface area contributed by atoms with Gasteiger partial charge in [0, 0.05) is 11.1 Å². The number of ether oxygens (including phenoxy) is 1. The lowest BCUT2D eigenvalue weighted by Crippen LogP contribution is -2.24. The van der Waals surface area contributed by atoms with Gasteiger partial charge in [-0.3, -0.25) is 0 Å². The van der Waals surface area contributed by atoms with Crippen molar-refractivity contribution in [3.05, 3.63) is 95.6 Å². The second-order valence-electron chi connectivity index (χ2n) is 7.68. The van der Waals surface area contributed by atoms with Crippen molar-refractivity contribution in [3.63, 3.8) is 0 Å². The third kappa shape index (κ3) is 6.38. The van der Waals surface area contributed by atoms with Crippen molar-refractivity contribution in [2.24, 2.45) is 0 Å². The van der Waals surface area contributed by atoms with E-state index in [1.54, 1.807) is 6.07 Å². The molecule has 0 amide bonds. The maximum atomic E-state index is 10.5. The van der Waals surface area contributed by atoms with Gasteiger partial charge in [-0.25, -0.2) is 0 Å². The van der Waals surface area contributed by atoms with Gasteiger partial charge in [-0.2, -0.15) is 0 Å². The van der Waals surface area contributed by atoms with E-state index in [0.29, 0.717) is 17.2 Å². The number of hydrogen-bond acceptors (Lipinski definition) is 3. The van der Waals surface area contributed by atoms with Crippen LogP contribution in [0, 0.1) is 0 Å². The van der Waals surface area contributed by atoms with Crippen LogP contribution in [0.15, 0.2) is 78.9 Å². The molecule has 0 saturated carbocycles. The van der Waals surface area contributed by atoms with Gasteiger partial charge in [0.25, 0.3) is 0 Å². The molecule has 3 aromatic carbocycles. The van der Waals surface area contributed by atoms with Gasteiger partial charge in [0.05, 0.1) is 11.6 Å². The zero-order chi connectivity index (χ0) is 22.8. The van der Waals surface area contributed by atoms with Gasteiger partial charge >= 0.3 is 0 Å². The van der Waals surface area contributed by atoms with Gasteiger partial charge in [-0.15, -0.1) is 0 Å². The van der Waals surface area contributed by atoms with E-state index >= 15 is 0 Å². The van der Waals surface area contributed by atoms with Crippen molar-refractivity contribution in [1.29, 1.82) is 0 Å². The highest BCUT2D eigenvalue weighted by Gasteiger charge is 2.15. The fraction of sp³-hybridized carbons (Fsp3) is 0.286. The maximum Gasteiger partial charge on any atom is 0.123 e. The first kappa shape index (κ1) is 23.9. The van der Waals surface area contributed by atoms with E-state index in [0.717, 1.165) is 54.9 Å². The fourth-order valence-electron chi connectivity index (χ4n) is 3.70. The molecule has 0 radical (unpaired) electrons. The van der Waals surface area contributed by atoms with Gasteiger partial charge in [0.2, 0.25) is 0 Å². The number of unbranched alkanes of at least 4 members (excludes halogenated alkanes) is 1. The number of phenols is 1. The van der Waals surface area contributed by atoms with E-state index in [1.807, 2.05) is 72.8 Å². The quantitative estimate of drug-likeness (QED) is 0.251. The summed E-state index contributed by atoms with van der Waals surface area (Å²) in [6, 6.07) is 25.0. The van der Waals surface area contributed by atoms with Crippen molar-refractivity contribution < 1.29 is 9.84 Å². The van der Waals surface area contributed by atoms with Crippen LogP contribution in [0.1, 0.15) is 43.4 Å². The number of aromatic hydroxyl groups is 1. The van der Waals surface area contributed by atoms with Crippen molar-refractivity contribution in [2.75, 3.05) is 26.2 Å². The van der Waals surface area contributed by atoms with Crippen LogP contribution in [0.5, 0.6) is 11.5 Å². The minimum absolute atomic E-state index is 0.203. The molecule has 0 atom stereocenters. The molecule has 0 unspecified atom stereocenters. The number of halogens is 1. The lowest BCUT2D eigenvalue weighted by Gasteiger charge is -2.17. The van der Waals surface area contributed by atoms with Crippen LogP contribution in [0.2, 0.25) is 0 Å². The lowest BCUT2D eigenvalue weighted by molar-refractivity contribution is 0.266. The van der Waals surface area contributed by atoms with Gasteiger partial charge < -0.3 is 14.7 Å². The summed E-state index contributed by atoms with van der Waals surface area (Å²) < 4.78 is 5.92. The maximum absolute atomic E-state index is 10.5. The standard InChI is InChI=1S/C28H32ClNO2/c1-3-30(4-2)20-10-11-21-32-24-18-16-23(17-19-24)28(29)27(22-12-6-5-7-13-22)25-14-8-9-15-26(25)31/h5-9,12-19,31H,3-4,10-11,20-21H2,1-2H3. The highest BCUT2D eigenvalue weighted by atomic mass is 35.5. The summed E-state index contributed by atoms with van der Waals surface area (Å²) in [6.45, 7) is 8.41. The number of hydrogen-bond donors (Lipinski definition) is 1. The van der Waals surface area contributed by atoms with Crippen LogP contribution in [0.25, 0.3) is 10.6 Å². The van der Waals surface area contributed by atoms with Crippen molar-refractivity contribution >= 4 is 22.2 Å². The summed E-state index contributed by atoms with van der Waals surface area (Å²) in [6.07, 6.45) is 2.17. The molecule has 0 aliphatic heterocycles. The molecule has 0 aliphatic carbocycles. The SMILES string of the molecule is CCN(CC)CCCCOc1ccc(C(Cl)=C(c2ccccc2)c2ccccc2O)cc1. The van der Waals surface area contributed by atoms with E-state index < -0.39 is 0 Å². The Morgan fingerprint density at radius 3 is 2.12 bits per heavy atom. The second kappa shape index (κ2) is 12.3. The van der Waals surface area contributed by atoms with E-state index in [2.05, 4.69) is 18.7 Å². The molecule has 0 heterocycles. The lowest BCUT2D eigenvalue weighted by atomic mass is 9.94.